The van der Waals surface area contributed by atoms with Gasteiger partial charge in [-0.05, 0) is 30.1 Å². The number of methoxy groups -OCH3 is 1. The lowest BCUT2D eigenvalue weighted by Crippen LogP contribution is -2.06. The van der Waals surface area contributed by atoms with Crippen LogP contribution < -0.4 is 0 Å². The van der Waals surface area contributed by atoms with Crippen molar-refractivity contribution in [2.45, 2.75) is 25.4 Å². The number of hydrogen-bond donors (Lipinski definition) is 0. The Hall–Kier alpha value is -1.33. The van der Waals surface area contributed by atoms with E-state index in [1.165, 1.54) is 11.1 Å². The molecule has 1 atom stereocenters. The summed E-state index contributed by atoms with van der Waals surface area (Å²) < 4.78 is 5.38. The predicted octanol–water partition coefficient (Wildman–Crippen LogP) is 2.50. The molecule has 0 bridgehead atoms. The second kappa shape index (κ2) is 3.81. The van der Waals surface area contributed by atoms with Gasteiger partial charge < -0.3 is 4.74 Å². The highest BCUT2D eigenvalue weighted by Gasteiger charge is 2.25. The molecule has 0 amide bonds. The lowest BCUT2D eigenvalue weighted by atomic mass is 10.1. The van der Waals surface area contributed by atoms with Crippen molar-refractivity contribution in [3.8, 4) is 6.07 Å². The maximum absolute atomic E-state index is 8.79. The predicted molar refractivity (Wildman–Crippen MR) is 54.5 cm³/mol. The van der Waals surface area contributed by atoms with Gasteiger partial charge in [-0.25, -0.2) is 0 Å². The van der Waals surface area contributed by atoms with Gasteiger partial charge in [0.1, 0.15) is 0 Å². The van der Waals surface area contributed by atoms with Crippen LogP contribution in [0.2, 0.25) is 0 Å². The van der Waals surface area contributed by atoms with Crippen LogP contribution in [-0.2, 0) is 4.74 Å². The normalized spacial score (nSPS) is 25.4. The molecule has 0 aliphatic heterocycles. The molecule has 2 nitrogen and oxygen atoms in total. The van der Waals surface area contributed by atoms with Crippen LogP contribution in [0, 0.1) is 11.3 Å². The lowest BCUT2D eigenvalue weighted by molar-refractivity contribution is 0.137. The van der Waals surface area contributed by atoms with Gasteiger partial charge >= 0.3 is 0 Å². The molecule has 0 N–H and O–H groups in total. The zero-order valence-electron chi connectivity index (χ0n) is 8.29. The number of ether oxygens (including phenoxy) is 1. The summed E-state index contributed by atoms with van der Waals surface area (Å²) in [5.74, 6) is 0. The molecule has 1 fully saturated rings. The highest BCUT2D eigenvalue weighted by atomic mass is 16.5. The summed E-state index contributed by atoms with van der Waals surface area (Å²) in [7, 11) is 1.74. The van der Waals surface area contributed by atoms with Crippen LogP contribution in [0.25, 0.3) is 0 Å². The van der Waals surface area contributed by atoms with Gasteiger partial charge in [-0.15, -0.1) is 0 Å². The minimum Gasteiger partial charge on any atom is -0.377 e. The van der Waals surface area contributed by atoms with E-state index in [9.17, 15) is 0 Å². The van der Waals surface area contributed by atoms with Gasteiger partial charge in [0.05, 0.1) is 12.2 Å². The van der Waals surface area contributed by atoms with Crippen molar-refractivity contribution in [2.24, 2.45) is 0 Å². The smallest absolute Gasteiger partial charge is 0.0950 e. The van der Waals surface area contributed by atoms with Crippen LogP contribution in [0.3, 0.4) is 0 Å². The van der Waals surface area contributed by atoms with Gasteiger partial charge in [-0.3, -0.25) is 0 Å². The zero-order chi connectivity index (χ0) is 9.97. The van der Waals surface area contributed by atoms with Gasteiger partial charge in [-0.1, -0.05) is 12.2 Å². The Bertz CT molecular complexity index is 368. The molecule has 0 radical (unpaired) electrons. The molecule has 2 aliphatic rings. The van der Waals surface area contributed by atoms with Gasteiger partial charge in [0, 0.05) is 19.1 Å². The molecule has 14 heavy (non-hydrogen) atoms. The Balaban J connectivity index is 2.32. The number of allylic oxidation sites excluding steroid dienone is 4. The first kappa shape index (κ1) is 9.23. The summed E-state index contributed by atoms with van der Waals surface area (Å²) >= 11 is 0. The number of nitriles is 1. The molecule has 0 heterocycles. The third-order valence-corrected chi connectivity index (χ3v) is 2.85. The van der Waals surface area contributed by atoms with Crippen molar-refractivity contribution in [3.05, 3.63) is 34.9 Å². The molecule has 2 rings (SSSR count). The van der Waals surface area contributed by atoms with Gasteiger partial charge in [0.2, 0.25) is 0 Å². The maximum atomic E-state index is 8.79. The number of hydrogen-bond acceptors (Lipinski definition) is 2. The van der Waals surface area contributed by atoms with Crippen LogP contribution in [0.4, 0.5) is 0 Å². The summed E-state index contributed by atoms with van der Waals surface area (Å²) in [5, 5.41) is 8.79. The second-order valence-corrected chi connectivity index (χ2v) is 3.62. The van der Waals surface area contributed by atoms with E-state index in [0.29, 0.717) is 0 Å². The van der Waals surface area contributed by atoms with Crippen LogP contribution >= 0.6 is 0 Å². The molecule has 0 aromatic carbocycles. The van der Waals surface area contributed by atoms with Gasteiger partial charge in [-0.2, -0.15) is 5.26 Å². The van der Waals surface area contributed by atoms with Crippen LogP contribution in [0.15, 0.2) is 34.9 Å². The fourth-order valence-electron chi connectivity index (χ4n) is 2.05. The Morgan fingerprint density at radius 3 is 3.07 bits per heavy atom. The molecular weight excluding hydrogens is 174 g/mol. The van der Waals surface area contributed by atoms with Gasteiger partial charge in [0.25, 0.3) is 0 Å². The van der Waals surface area contributed by atoms with E-state index in [1.807, 2.05) is 12.2 Å². The van der Waals surface area contributed by atoms with E-state index >= 15 is 0 Å². The number of rotatable bonds is 1. The quantitative estimate of drug-likeness (QED) is 0.632. The molecule has 2 heteroatoms. The average Bonchev–Trinajstić information content (AvgIpc) is 2.50. The molecule has 0 saturated heterocycles. The van der Waals surface area contributed by atoms with E-state index in [1.54, 1.807) is 7.11 Å². The van der Waals surface area contributed by atoms with Crippen molar-refractivity contribution in [2.75, 3.05) is 7.11 Å². The van der Waals surface area contributed by atoms with E-state index in [-0.39, 0.29) is 6.10 Å². The van der Waals surface area contributed by atoms with E-state index in [2.05, 4.69) is 12.1 Å². The number of fused-ring (bicyclic) bond motifs is 1. The summed E-state index contributed by atoms with van der Waals surface area (Å²) in [6.45, 7) is 0. The minimum atomic E-state index is 0.232. The van der Waals surface area contributed by atoms with Crippen LogP contribution in [-0.4, -0.2) is 13.2 Å². The largest absolute Gasteiger partial charge is 0.377 e. The molecular formula is C12H13NO. The lowest BCUT2D eigenvalue weighted by Gasteiger charge is -2.08. The molecule has 0 aromatic heterocycles. The first-order valence-corrected chi connectivity index (χ1v) is 4.88. The van der Waals surface area contributed by atoms with Crippen LogP contribution in [0.1, 0.15) is 19.3 Å². The first-order chi connectivity index (χ1) is 6.85. The van der Waals surface area contributed by atoms with Crippen molar-refractivity contribution in [1.29, 1.82) is 5.26 Å². The van der Waals surface area contributed by atoms with Crippen molar-refractivity contribution < 1.29 is 4.74 Å². The highest BCUT2D eigenvalue weighted by Crippen LogP contribution is 2.34. The Kier molecular flexibility index (Phi) is 2.51. The second-order valence-electron chi connectivity index (χ2n) is 3.62. The first-order valence-electron chi connectivity index (χ1n) is 4.88. The minimum absolute atomic E-state index is 0.232. The topological polar surface area (TPSA) is 33.0 Å². The van der Waals surface area contributed by atoms with Crippen molar-refractivity contribution in [3.63, 3.8) is 0 Å². The Morgan fingerprint density at radius 2 is 2.36 bits per heavy atom. The summed E-state index contributed by atoms with van der Waals surface area (Å²) in [5.41, 5.74) is 3.45. The molecule has 1 unspecified atom stereocenters. The number of nitrogens with zero attached hydrogens (tertiary/aromatic N) is 1. The molecule has 2 aliphatic carbocycles. The zero-order valence-corrected chi connectivity index (χ0v) is 8.29. The highest BCUT2D eigenvalue weighted by molar-refractivity contribution is 5.46. The summed E-state index contributed by atoms with van der Waals surface area (Å²) in [4.78, 5) is 0. The molecule has 72 valence electrons. The molecule has 0 spiro atoms. The monoisotopic (exact) mass is 187 g/mol. The molecule has 1 saturated carbocycles. The van der Waals surface area contributed by atoms with E-state index in [0.717, 1.165) is 24.8 Å². The fraction of sp³-hybridized carbons (Fsp3) is 0.417. The fourth-order valence-corrected chi connectivity index (χ4v) is 2.05. The maximum Gasteiger partial charge on any atom is 0.0950 e. The van der Waals surface area contributed by atoms with Gasteiger partial charge in [0.15, 0.2) is 0 Å². The third-order valence-electron chi connectivity index (χ3n) is 2.85. The van der Waals surface area contributed by atoms with Crippen molar-refractivity contribution >= 4 is 0 Å². The van der Waals surface area contributed by atoms with Crippen LogP contribution in [0.5, 0.6) is 0 Å². The van der Waals surface area contributed by atoms with E-state index in [4.69, 9.17) is 10.00 Å². The Labute approximate surface area is 84.2 Å². The van der Waals surface area contributed by atoms with Crippen molar-refractivity contribution in [1.82, 2.24) is 0 Å². The summed E-state index contributed by atoms with van der Waals surface area (Å²) in [6, 6.07) is 2.20. The molecule has 0 aromatic rings. The SMILES string of the molecule is COC1CCC2=CCC(C#N)=CC=C21. The standard InChI is InChI=1S/C12H13NO/c1-14-12-7-5-10-4-2-9(8-13)3-6-11(10)12/h3-4,6,12H,2,5,7H2,1H3. The average molecular weight is 187 g/mol. The summed E-state index contributed by atoms with van der Waals surface area (Å²) in [6.07, 6.45) is 9.26. The van der Waals surface area contributed by atoms with E-state index < -0.39 is 0 Å². The third kappa shape index (κ3) is 1.51. The Morgan fingerprint density at radius 1 is 1.50 bits per heavy atom.